The van der Waals surface area contributed by atoms with Gasteiger partial charge in [0.1, 0.15) is 5.54 Å². The average molecular weight is 394 g/mol. The summed E-state index contributed by atoms with van der Waals surface area (Å²) in [4.78, 5) is 15.5. The third-order valence-corrected chi connectivity index (χ3v) is 4.93. The number of alkyl halides is 3. The van der Waals surface area contributed by atoms with Gasteiger partial charge in [0.15, 0.2) is 5.78 Å². The van der Waals surface area contributed by atoms with E-state index in [9.17, 15) is 23.1 Å². The standard InChI is InChI=1S/C20H21F3N2O3/c21-8-15(7-16(26)19(22)23)18(27)13-3-1-12(2-4-13)14-5-6-17(25-9-14)20(24)10-28-11-20/h1-6,9,15,18-19,27H,7-8,10-11,24H2/t15-,18-/m1/s1. The Labute approximate surface area is 160 Å². The van der Waals surface area contributed by atoms with Crippen LogP contribution in [0, 0.1) is 5.92 Å². The molecule has 8 heteroatoms. The molecule has 2 atom stereocenters. The highest BCUT2D eigenvalue weighted by atomic mass is 19.3. The maximum atomic E-state index is 13.1. The molecule has 1 saturated heterocycles. The van der Waals surface area contributed by atoms with Crippen LogP contribution in [0.3, 0.4) is 0 Å². The maximum absolute atomic E-state index is 13.1. The van der Waals surface area contributed by atoms with Crippen LogP contribution in [0.1, 0.15) is 23.8 Å². The summed E-state index contributed by atoms with van der Waals surface area (Å²) in [5.41, 5.74) is 8.32. The molecule has 0 radical (unpaired) electrons. The number of aliphatic hydroxyl groups is 1. The van der Waals surface area contributed by atoms with E-state index in [-0.39, 0.29) is 0 Å². The van der Waals surface area contributed by atoms with Crippen molar-refractivity contribution in [1.82, 2.24) is 4.98 Å². The molecular weight excluding hydrogens is 373 g/mol. The lowest BCUT2D eigenvalue weighted by atomic mass is 9.91. The van der Waals surface area contributed by atoms with Gasteiger partial charge in [-0.1, -0.05) is 30.3 Å². The number of pyridine rings is 1. The first-order valence-electron chi connectivity index (χ1n) is 8.82. The Morgan fingerprint density at radius 2 is 1.82 bits per heavy atom. The number of nitrogens with zero attached hydrogens (tertiary/aromatic N) is 1. The van der Waals surface area contributed by atoms with Crippen molar-refractivity contribution in [3.63, 3.8) is 0 Å². The van der Waals surface area contributed by atoms with Crippen molar-refractivity contribution >= 4 is 5.78 Å². The topological polar surface area (TPSA) is 85.4 Å². The summed E-state index contributed by atoms with van der Waals surface area (Å²) in [5.74, 6) is -2.59. The van der Waals surface area contributed by atoms with Crippen LogP contribution in [0.25, 0.3) is 11.1 Å². The highest BCUT2D eigenvalue weighted by Crippen LogP contribution is 2.30. The summed E-state index contributed by atoms with van der Waals surface area (Å²) in [5, 5.41) is 10.3. The van der Waals surface area contributed by atoms with E-state index in [2.05, 4.69) is 4.98 Å². The number of hydrogen-bond acceptors (Lipinski definition) is 5. The van der Waals surface area contributed by atoms with Crippen molar-refractivity contribution in [3.05, 3.63) is 53.9 Å². The van der Waals surface area contributed by atoms with Crippen LogP contribution in [0.4, 0.5) is 13.2 Å². The molecule has 2 heterocycles. The lowest BCUT2D eigenvalue weighted by Crippen LogP contribution is -2.54. The Hall–Kier alpha value is -2.29. The van der Waals surface area contributed by atoms with Gasteiger partial charge in [-0.3, -0.25) is 14.2 Å². The first-order valence-corrected chi connectivity index (χ1v) is 8.82. The highest BCUT2D eigenvalue weighted by molar-refractivity contribution is 5.81. The second kappa shape index (κ2) is 8.38. The molecule has 0 unspecified atom stereocenters. The molecule has 0 amide bonds. The predicted molar refractivity (Wildman–Crippen MR) is 96.4 cm³/mol. The summed E-state index contributed by atoms with van der Waals surface area (Å²) in [6.07, 6.45) is -3.55. The predicted octanol–water partition coefficient (Wildman–Crippen LogP) is 2.78. The van der Waals surface area contributed by atoms with Gasteiger partial charge in [0.05, 0.1) is 31.7 Å². The number of halogens is 3. The zero-order valence-corrected chi connectivity index (χ0v) is 15.0. The van der Waals surface area contributed by atoms with Crippen LogP contribution in [-0.4, -0.2) is 42.2 Å². The van der Waals surface area contributed by atoms with Crippen molar-refractivity contribution in [2.45, 2.75) is 24.5 Å². The second-order valence-corrected chi connectivity index (χ2v) is 7.03. The zero-order valence-electron chi connectivity index (χ0n) is 15.0. The summed E-state index contributed by atoms with van der Waals surface area (Å²) >= 11 is 0. The van der Waals surface area contributed by atoms with Gasteiger partial charge in [0, 0.05) is 24.1 Å². The number of Topliss-reactive ketones (excluding diaryl/α,β-unsaturated/α-hetero) is 1. The number of nitrogens with two attached hydrogens (primary N) is 1. The maximum Gasteiger partial charge on any atom is 0.295 e. The molecule has 1 aliphatic heterocycles. The van der Waals surface area contributed by atoms with Gasteiger partial charge in [-0.15, -0.1) is 0 Å². The fourth-order valence-electron chi connectivity index (χ4n) is 3.07. The molecule has 0 aliphatic carbocycles. The molecular formula is C20H21F3N2O3. The van der Waals surface area contributed by atoms with Gasteiger partial charge in [-0.05, 0) is 17.2 Å². The number of ketones is 1. The van der Waals surface area contributed by atoms with E-state index in [1.54, 1.807) is 30.5 Å². The molecule has 1 fully saturated rings. The van der Waals surface area contributed by atoms with Crippen molar-refractivity contribution in [1.29, 1.82) is 0 Å². The van der Waals surface area contributed by atoms with Crippen LogP contribution >= 0.6 is 0 Å². The Morgan fingerprint density at radius 1 is 1.18 bits per heavy atom. The number of hydrogen-bond donors (Lipinski definition) is 2. The first kappa shape index (κ1) is 20.4. The Kier molecular flexibility index (Phi) is 6.12. The van der Waals surface area contributed by atoms with E-state index in [4.69, 9.17) is 10.5 Å². The van der Waals surface area contributed by atoms with E-state index < -0.39 is 42.9 Å². The van der Waals surface area contributed by atoms with Gasteiger partial charge < -0.3 is 15.6 Å². The number of ether oxygens (including phenoxy) is 1. The van der Waals surface area contributed by atoms with Crippen LogP contribution in [0.15, 0.2) is 42.6 Å². The van der Waals surface area contributed by atoms with Crippen molar-refractivity contribution in [2.75, 3.05) is 19.9 Å². The van der Waals surface area contributed by atoms with E-state index in [0.29, 0.717) is 18.8 Å². The van der Waals surface area contributed by atoms with Crippen LogP contribution in [-0.2, 0) is 15.1 Å². The molecule has 2 aromatic rings. The fraction of sp³-hybridized carbons (Fsp3) is 0.400. The molecule has 0 spiro atoms. The van der Waals surface area contributed by atoms with E-state index in [0.717, 1.165) is 16.8 Å². The molecule has 1 aromatic carbocycles. The Bertz CT molecular complexity index is 808. The number of aliphatic hydroxyl groups excluding tert-OH is 1. The normalized spacial score (nSPS) is 17.8. The van der Waals surface area contributed by atoms with E-state index in [1.807, 2.05) is 12.1 Å². The largest absolute Gasteiger partial charge is 0.388 e. The monoisotopic (exact) mass is 394 g/mol. The highest BCUT2D eigenvalue weighted by Gasteiger charge is 2.37. The summed E-state index contributed by atoms with van der Waals surface area (Å²) in [6.45, 7) is -0.219. The number of aromatic nitrogens is 1. The molecule has 1 aromatic heterocycles. The number of rotatable bonds is 8. The van der Waals surface area contributed by atoms with Gasteiger partial charge in [0.25, 0.3) is 6.43 Å². The third-order valence-electron chi connectivity index (χ3n) is 4.93. The van der Waals surface area contributed by atoms with Crippen LogP contribution in [0.2, 0.25) is 0 Å². The number of carbonyl (C=O) groups is 1. The van der Waals surface area contributed by atoms with Crippen molar-refractivity contribution in [2.24, 2.45) is 11.7 Å². The SMILES string of the molecule is NC1(c2ccc(-c3ccc([C@@H](O)[C@@H](CF)CC(=O)C(F)F)cc3)cn2)COC1. The second-order valence-electron chi connectivity index (χ2n) is 7.03. The minimum Gasteiger partial charge on any atom is -0.388 e. The van der Waals surface area contributed by atoms with Gasteiger partial charge in [-0.25, -0.2) is 8.78 Å². The zero-order chi connectivity index (χ0) is 20.3. The average Bonchev–Trinajstić information content (AvgIpc) is 2.69. The molecule has 28 heavy (non-hydrogen) atoms. The Balaban J connectivity index is 1.71. The van der Waals surface area contributed by atoms with E-state index >= 15 is 0 Å². The Morgan fingerprint density at radius 3 is 2.29 bits per heavy atom. The van der Waals surface area contributed by atoms with Gasteiger partial charge in [-0.2, -0.15) is 0 Å². The van der Waals surface area contributed by atoms with E-state index in [1.165, 1.54) is 0 Å². The number of benzene rings is 1. The van der Waals surface area contributed by atoms with Gasteiger partial charge in [0.2, 0.25) is 0 Å². The molecule has 1 aliphatic rings. The number of carbonyl (C=O) groups excluding carboxylic acids is 1. The molecule has 5 nitrogen and oxygen atoms in total. The van der Waals surface area contributed by atoms with Crippen molar-refractivity contribution in [3.8, 4) is 11.1 Å². The molecule has 0 bridgehead atoms. The molecule has 150 valence electrons. The summed E-state index contributed by atoms with van der Waals surface area (Å²) < 4.78 is 43.0. The van der Waals surface area contributed by atoms with Crippen molar-refractivity contribution < 1.29 is 27.8 Å². The summed E-state index contributed by atoms with van der Waals surface area (Å²) in [7, 11) is 0. The fourth-order valence-corrected chi connectivity index (χ4v) is 3.07. The van der Waals surface area contributed by atoms with Crippen LogP contribution in [0.5, 0.6) is 0 Å². The van der Waals surface area contributed by atoms with Gasteiger partial charge >= 0.3 is 0 Å². The third kappa shape index (κ3) is 4.24. The summed E-state index contributed by atoms with van der Waals surface area (Å²) in [6, 6.07) is 10.3. The smallest absolute Gasteiger partial charge is 0.295 e. The molecule has 0 saturated carbocycles. The quantitative estimate of drug-likeness (QED) is 0.719. The lowest BCUT2D eigenvalue weighted by Gasteiger charge is -2.37. The minimum absolute atomic E-state index is 0.352. The first-order chi connectivity index (χ1) is 13.3. The molecule has 3 N–H and O–H groups in total. The lowest BCUT2D eigenvalue weighted by molar-refractivity contribution is -0.131. The molecule has 3 rings (SSSR count). The van der Waals surface area contributed by atoms with Crippen LogP contribution < -0.4 is 5.73 Å². The minimum atomic E-state index is -3.17.